The Hall–Kier alpha value is -1.49. The van der Waals surface area contributed by atoms with Gasteiger partial charge < -0.3 is 5.32 Å². The Morgan fingerprint density at radius 3 is 2.75 bits per heavy atom. The topological polar surface area (TPSA) is 55.2 Å². The van der Waals surface area contributed by atoms with Crippen molar-refractivity contribution in [1.82, 2.24) is 0 Å². The second-order valence-corrected chi connectivity index (χ2v) is 2.21. The largest absolute Gasteiger partial charge is 0.339 e. The van der Waals surface area contributed by atoms with Crippen LogP contribution in [0.5, 0.6) is 0 Å². The van der Waals surface area contributed by atoms with E-state index < -0.39 is 4.92 Å². The van der Waals surface area contributed by atoms with E-state index in [9.17, 15) is 10.1 Å². The van der Waals surface area contributed by atoms with Gasteiger partial charge in [-0.15, -0.1) is 0 Å². The monoisotopic (exact) mass is 181 g/mol. The minimum Gasteiger partial charge on any atom is -0.339 e. The second kappa shape index (κ2) is 3.77. The summed E-state index contributed by atoms with van der Waals surface area (Å²) in [6, 6.07) is 6.24. The lowest BCUT2D eigenvalue weighted by atomic mass is 10.3. The van der Waals surface area contributed by atoms with E-state index in [-0.39, 0.29) is 5.69 Å². The van der Waals surface area contributed by atoms with Crippen LogP contribution in [0.2, 0.25) is 0 Å². The Balaban J connectivity index is 3.07. The molecule has 1 rings (SSSR count). The summed E-state index contributed by atoms with van der Waals surface area (Å²) >= 11 is 4.40. The van der Waals surface area contributed by atoms with E-state index in [1.165, 1.54) is 6.07 Å². The van der Waals surface area contributed by atoms with Crippen molar-refractivity contribution in [2.24, 2.45) is 0 Å². The molecule has 0 atom stereocenters. The molecule has 0 aromatic heterocycles. The molecule has 0 aliphatic heterocycles. The molecule has 0 fully saturated rings. The Morgan fingerprint density at radius 2 is 2.17 bits per heavy atom. The molecule has 1 radical (unpaired) electrons. The first-order chi connectivity index (χ1) is 5.75. The Morgan fingerprint density at radius 1 is 1.50 bits per heavy atom. The van der Waals surface area contributed by atoms with Crippen molar-refractivity contribution in [3.05, 3.63) is 34.4 Å². The molecule has 1 N–H and O–H groups in total. The van der Waals surface area contributed by atoms with E-state index in [0.29, 0.717) is 5.69 Å². The molecule has 4 nitrogen and oxygen atoms in total. The summed E-state index contributed by atoms with van der Waals surface area (Å²) in [6.45, 7) is 0. The SMILES string of the molecule is O=[N+]([O-])c1ccccc1N[C]=S. The zero-order valence-corrected chi connectivity index (χ0v) is 6.80. The first-order valence-corrected chi connectivity index (χ1v) is 3.53. The summed E-state index contributed by atoms with van der Waals surface area (Å²) in [7, 11) is 0. The standard InChI is InChI=1S/C7H5N2O2S/c10-9(11)7-4-2-1-3-6(7)8-5-12/h1-4H,(H,8,12). The molecule has 0 unspecified atom stereocenters. The van der Waals surface area contributed by atoms with Gasteiger partial charge in [0, 0.05) is 6.07 Å². The number of para-hydroxylation sites is 2. The van der Waals surface area contributed by atoms with Crippen LogP contribution < -0.4 is 5.32 Å². The lowest BCUT2D eigenvalue weighted by molar-refractivity contribution is -0.383. The number of benzene rings is 1. The molecule has 0 saturated heterocycles. The van der Waals surface area contributed by atoms with Gasteiger partial charge in [0.05, 0.1) is 4.92 Å². The lowest BCUT2D eigenvalue weighted by Crippen LogP contribution is -1.97. The van der Waals surface area contributed by atoms with Gasteiger partial charge in [-0.2, -0.15) is 0 Å². The zero-order chi connectivity index (χ0) is 8.97. The Bertz CT molecular complexity index is 314. The number of hydrogen-bond acceptors (Lipinski definition) is 3. The van der Waals surface area contributed by atoms with E-state index in [2.05, 4.69) is 23.0 Å². The van der Waals surface area contributed by atoms with E-state index >= 15 is 0 Å². The summed E-state index contributed by atoms with van der Waals surface area (Å²) in [5, 5.41) is 12.9. The highest BCUT2D eigenvalue weighted by Crippen LogP contribution is 2.22. The quantitative estimate of drug-likeness (QED) is 0.334. The molecule has 0 heterocycles. The average Bonchev–Trinajstić information content (AvgIpc) is 2.05. The van der Waals surface area contributed by atoms with Gasteiger partial charge in [-0.1, -0.05) is 24.4 Å². The van der Waals surface area contributed by atoms with Crippen molar-refractivity contribution >= 4 is 29.1 Å². The van der Waals surface area contributed by atoms with Crippen molar-refractivity contribution < 1.29 is 4.92 Å². The number of anilines is 1. The van der Waals surface area contributed by atoms with Gasteiger partial charge >= 0.3 is 0 Å². The average molecular weight is 181 g/mol. The van der Waals surface area contributed by atoms with Gasteiger partial charge in [-0.05, 0) is 6.07 Å². The van der Waals surface area contributed by atoms with Crippen molar-refractivity contribution in [1.29, 1.82) is 0 Å². The second-order valence-electron chi connectivity index (χ2n) is 2.00. The number of nitro benzene ring substituents is 1. The molecular weight excluding hydrogens is 176 g/mol. The molecule has 0 saturated carbocycles. The minimum atomic E-state index is -0.477. The summed E-state index contributed by atoms with van der Waals surface area (Å²) in [5.74, 6) is 0. The molecular formula is C7H5N2O2S. The first kappa shape index (κ1) is 8.61. The van der Waals surface area contributed by atoms with Gasteiger partial charge in [-0.3, -0.25) is 10.1 Å². The van der Waals surface area contributed by atoms with E-state index in [4.69, 9.17) is 0 Å². The predicted molar refractivity (Wildman–Crippen MR) is 49.3 cm³/mol. The number of thiocarbonyl (C=S) groups is 1. The van der Waals surface area contributed by atoms with Gasteiger partial charge in [0.1, 0.15) is 11.2 Å². The fourth-order valence-electron chi connectivity index (χ4n) is 0.794. The van der Waals surface area contributed by atoms with Gasteiger partial charge in [0.15, 0.2) is 0 Å². The molecule has 0 bridgehead atoms. The van der Waals surface area contributed by atoms with Crippen molar-refractivity contribution in [2.75, 3.05) is 5.32 Å². The fraction of sp³-hybridized carbons (Fsp3) is 0. The normalized spacial score (nSPS) is 9.00. The lowest BCUT2D eigenvalue weighted by Gasteiger charge is -1.98. The molecule has 5 heteroatoms. The smallest absolute Gasteiger partial charge is 0.292 e. The molecule has 1 aromatic carbocycles. The number of rotatable bonds is 3. The van der Waals surface area contributed by atoms with E-state index in [1.54, 1.807) is 18.2 Å². The Kier molecular flexibility index (Phi) is 2.71. The van der Waals surface area contributed by atoms with Gasteiger partial charge in [0.2, 0.25) is 0 Å². The summed E-state index contributed by atoms with van der Waals surface area (Å²) in [4.78, 5) is 9.92. The zero-order valence-electron chi connectivity index (χ0n) is 5.98. The Labute approximate surface area is 74.4 Å². The minimum absolute atomic E-state index is 0.00477. The van der Waals surface area contributed by atoms with Crippen LogP contribution >= 0.6 is 12.2 Å². The number of nitrogens with zero attached hydrogens (tertiary/aromatic N) is 1. The predicted octanol–water partition coefficient (Wildman–Crippen LogP) is 1.84. The third-order valence-electron chi connectivity index (χ3n) is 1.29. The molecule has 12 heavy (non-hydrogen) atoms. The van der Waals surface area contributed by atoms with Crippen LogP contribution in [-0.2, 0) is 0 Å². The maximum atomic E-state index is 10.4. The summed E-state index contributed by atoms with van der Waals surface area (Å²) in [6.07, 6.45) is 0. The van der Waals surface area contributed by atoms with Crippen LogP contribution in [0.25, 0.3) is 0 Å². The van der Waals surface area contributed by atoms with Crippen LogP contribution in [-0.4, -0.2) is 10.4 Å². The van der Waals surface area contributed by atoms with Gasteiger partial charge in [-0.25, -0.2) is 0 Å². The molecule has 0 aliphatic rings. The highest BCUT2D eigenvalue weighted by molar-refractivity contribution is 7.79. The van der Waals surface area contributed by atoms with Crippen molar-refractivity contribution in [3.8, 4) is 0 Å². The van der Waals surface area contributed by atoms with Crippen molar-refractivity contribution in [3.63, 3.8) is 0 Å². The van der Waals surface area contributed by atoms with Crippen molar-refractivity contribution in [2.45, 2.75) is 0 Å². The number of nitrogens with one attached hydrogen (secondary N) is 1. The van der Waals surface area contributed by atoms with Crippen LogP contribution in [0.4, 0.5) is 11.4 Å². The third-order valence-corrected chi connectivity index (χ3v) is 1.39. The highest BCUT2D eigenvalue weighted by Gasteiger charge is 2.10. The van der Waals surface area contributed by atoms with Crippen LogP contribution in [0, 0.1) is 10.1 Å². The maximum Gasteiger partial charge on any atom is 0.292 e. The summed E-state index contributed by atoms with van der Waals surface area (Å²) in [5.41, 5.74) is 2.56. The maximum absolute atomic E-state index is 10.4. The number of nitro groups is 1. The van der Waals surface area contributed by atoms with Gasteiger partial charge in [0.25, 0.3) is 5.69 Å². The van der Waals surface area contributed by atoms with E-state index in [1.807, 2.05) is 0 Å². The first-order valence-electron chi connectivity index (χ1n) is 3.12. The summed E-state index contributed by atoms with van der Waals surface area (Å²) < 4.78 is 0. The van der Waals surface area contributed by atoms with Crippen LogP contribution in [0.1, 0.15) is 0 Å². The molecule has 1 aromatic rings. The highest BCUT2D eigenvalue weighted by atomic mass is 32.1. The van der Waals surface area contributed by atoms with Crippen LogP contribution in [0.3, 0.4) is 0 Å². The number of hydrogen-bond donors (Lipinski definition) is 1. The molecule has 0 amide bonds. The van der Waals surface area contributed by atoms with Crippen LogP contribution in [0.15, 0.2) is 24.3 Å². The molecule has 0 spiro atoms. The van der Waals surface area contributed by atoms with E-state index in [0.717, 1.165) is 0 Å². The third kappa shape index (κ3) is 1.76. The molecule has 0 aliphatic carbocycles. The molecule has 61 valence electrons. The fourth-order valence-corrected chi connectivity index (χ4v) is 0.903.